The van der Waals surface area contributed by atoms with E-state index < -0.39 is 0 Å². The molecule has 0 aliphatic heterocycles. The van der Waals surface area contributed by atoms with Crippen molar-refractivity contribution in [2.24, 2.45) is 0 Å². The summed E-state index contributed by atoms with van der Waals surface area (Å²) in [4.78, 5) is 0. The first-order valence-electron chi connectivity index (χ1n) is 4.30. The Balaban J connectivity index is 2.10. The van der Waals surface area contributed by atoms with E-state index in [0.29, 0.717) is 6.10 Å². The summed E-state index contributed by atoms with van der Waals surface area (Å²) >= 11 is 0. The summed E-state index contributed by atoms with van der Waals surface area (Å²) in [6.07, 6.45) is 9.84. The van der Waals surface area contributed by atoms with Crippen molar-refractivity contribution in [1.82, 2.24) is 0 Å². The number of rotatable bonds is 1. The fourth-order valence-corrected chi connectivity index (χ4v) is 1.97. The Morgan fingerprint density at radius 1 is 1.45 bits per heavy atom. The Labute approximate surface area is 67.7 Å². The van der Waals surface area contributed by atoms with Gasteiger partial charge in [-0.05, 0) is 31.3 Å². The van der Waals surface area contributed by atoms with Crippen LogP contribution in [0, 0.1) is 0 Å². The van der Waals surface area contributed by atoms with Gasteiger partial charge in [0.1, 0.15) is 0 Å². The van der Waals surface area contributed by atoms with Crippen LogP contribution in [0.3, 0.4) is 0 Å². The molecule has 0 aromatic carbocycles. The maximum atomic E-state index is 5.33. The van der Waals surface area contributed by atoms with Crippen molar-refractivity contribution < 1.29 is 4.74 Å². The van der Waals surface area contributed by atoms with Crippen molar-refractivity contribution in [2.75, 3.05) is 7.11 Å². The van der Waals surface area contributed by atoms with Gasteiger partial charge in [-0.3, -0.25) is 0 Å². The van der Waals surface area contributed by atoms with Crippen LogP contribution in [0.25, 0.3) is 0 Å². The Morgan fingerprint density at radius 3 is 3.09 bits per heavy atom. The number of methoxy groups -OCH3 is 1. The summed E-state index contributed by atoms with van der Waals surface area (Å²) in [5.41, 5.74) is 3.18. The van der Waals surface area contributed by atoms with Gasteiger partial charge < -0.3 is 4.74 Å². The molecule has 0 bridgehead atoms. The standard InChI is InChI=1S/C10H14O/c1-11-10-6-8-4-2-3-5-9(8)7-10/h2,4,10H,3,5-7H2,1H3. The Kier molecular flexibility index (Phi) is 1.82. The molecule has 0 fully saturated rings. The van der Waals surface area contributed by atoms with Crippen LogP contribution in [-0.4, -0.2) is 13.2 Å². The topological polar surface area (TPSA) is 9.23 Å². The summed E-state index contributed by atoms with van der Waals surface area (Å²) in [6, 6.07) is 0. The highest BCUT2D eigenvalue weighted by molar-refractivity contribution is 5.34. The molecule has 0 aromatic heterocycles. The van der Waals surface area contributed by atoms with Crippen molar-refractivity contribution >= 4 is 0 Å². The first kappa shape index (κ1) is 7.11. The van der Waals surface area contributed by atoms with Gasteiger partial charge in [0, 0.05) is 7.11 Å². The van der Waals surface area contributed by atoms with E-state index in [4.69, 9.17) is 4.74 Å². The minimum atomic E-state index is 0.475. The van der Waals surface area contributed by atoms with Crippen LogP contribution in [0.4, 0.5) is 0 Å². The monoisotopic (exact) mass is 150 g/mol. The lowest BCUT2D eigenvalue weighted by atomic mass is 10.0. The minimum Gasteiger partial charge on any atom is -0.381 e. The second-order valence-electron chi connectivity index (χ2n) is 3.34. The van der Waals surface area contributed by atoms with E-state index in [1.54, 1.807) is 11.1 Å². The molecule has 0 heterocycles. The van der Waals surface area contributed by atoms with Gasteiger partial charge in [-0.1, -0.05) is 17.7 Å². The lowest BCUT2D eigenvalue weighted by Crippen LogP contribution is -2.04. The fraction of sp³-hybridized carbons (Fsp3) is 0.600. The van der Waals surface area contributed by atoms with E-state index in [9.17, 15) is 0 Å². The molecule has 0 amide bonds. The molecule has 1 nitrogen and oxygen atoms in total. The summed E-state index contributed by atoms with van der Waals surface area (Å²) in [7, 11) is 1.81. The highest BCUT2D eigenvalue weighted by Gasteiger charge is 2.22. The zero-order chi connectivity index (χ0) is 7.68. The van der Waals surface area contributed by atoms with E-state index in [1.165, 1.54) is 19.3 Å². The van der Waals surface area contributed by atoms with Gasteiger partial charge in [0.25, 0.3) is 0 Å². The smallest absolute Gasteiger partial charge is 0.0648 e. The summed E-state index contributed by atoms with van der Waals surface area (Å²) in [5, 5.41) is 0. The molecule has 11 heavy (non-hydrogen) atoms. The largest absolute Gasteiger partial charge is 0.381 e. The van der Waals surface area contributed by atoms with Crippen molar-refractivity contribution in [2.45, 2.75) is 31.8 Å². The highest BCUT2D eigenvalue weighted by atomic mass is 16.5. The van der Waals surface area contributed by atoms with Crippen molar-refractivity contribution in [3.8, 4) is 0 Å². The van der Waals surface area contributed by atoms with Crippen molar-refractivity contribution in [1.29, 1.82) is 0 Å². The second-order valence-corrected chi connectivity index (χ2v) is 3.34. The molecule has 0 aromatic rings. The Morgan fingerprint density at radius 2 is 2.36 bits per heavy atom. The highest BCUT2D eigenvalue weighted by Crippen LogP contribution is 2.34. The van der Waals surface area contributed by atoms with E-state index in [0.717, 1.165) is 6.42 Å². The minimum absolute atomic E-state index is 0.475. The summed E-state index contributed by atoms with van der Waals surface area (Å²) in [5.74, 6) is 0. The average molecular weight is 150 g/mol. The van der Waals surface area contributed by atoms with Gasteiger partial charge in [-0.25, -0.2) is 0 Å². The molecular formula is C10H14O. The molecule has 2 aliphatic carbocycles. The van der Waals surface area contributed by atoms with Gasteiger partial charge >= 0.3 is 0 Å². The van der Waals surface area contributed by atoms with Crippen LogP contribution >= 0.6 is 0 Å². The van der Waals surface area contributed by atoms with Gasteiger partial charge in [0.15, 0.2) is 0 Å². The van der Waals surface area contributed by atoms with Gasteiger partial charge in [-0.2, -0.15) is 0 Å². The zero-order valence-electron chi connectivity index (χ0n) is 6.97. The molecule has 1 heteroatoms. The van der Waals surface area contributed by atoms with E-state index >= 15 is 0 Å². The Hall–Kier alpha value is -0.560. The van der Waals surface area contributed by atoms with Crippen molar-refractivity contribution in [3.63, 3.8) is 0 Å². The van der Waals surface area contributed by atoms with Crippen LogP contribution < -0.4 is 0 Å². The summed E-state index contributed by atoms with van der Waals surface area (Å²) < 4.78 is 5.33. The average Bonchev–Trinajstić information content (AvgIpc) is 2.46. The third-order valence-electron chi connectivity index (χ3n) is 2.64. The van der Waals surface area contributed by atoms with Crippen LogP contribution in [0.5, 0.6) is 0 Å². The van der Waals surface area contributed by atoms with E-state index in [1.807, 2.05) is 7.11 Å². The van der Waals surface area contributed by atoms with Crippen LogP contribution in [0.15, 0.2) is 23.3 Å². The second kappa shape index (κ2) is 2.82. The quantitative estimate of drug-likeness (QED) is 0.558. The first-order valence-corrected chi connectivity index (χ1v) is 4.30. The predicted molar refractivity (Wildman–Crippen MR) is 45.4 cm³/mol. The third kappa shape index (κ3) is 1.25. The maximum Gasteiger partial charge on any atom is 0.0648 e. The lowest BCUT2D eigenvalue weighted by molar-refractivity contribution is 0.111. The van der Waals surface area contributed by atoms with Crippen molar-refractivity contribution in [3.05, 3.63) is 23.3 Å². The molecule has 0 saturated carbocycles. The SMILES string of the molecule is COC1CC2=C(CCC=C2)C1. The normalized spacial score (nSPS) is 29.4. The molecule has 1 atom stereocenters. The maximum absolute atomic E-state index is 5.33. The van der Waals surface area contributed by atoms with E-state index in [2.05, 4.69) is 12.2 Å². The molecular weight excluding hydrogens is 136 g/mol. The van der Waals surface area contributed by atoms with Gasteiger partial charge in [-0.15, -0.1) is 0 Å². The zero-order valence-corrected chi connectivity index (χ0v) is 6.97. The molecule has 60 valence electrons. The molecule has 1 unspecified atom stereocenters. The van der Waals surface area contributed by atoms with Crippen LogP contribution in [0.2, 0.25) is 0 Å². The molecule has 0 N–H and O–H groups in total. The number of allylic oxidation sites excluding steroid dienone is 2. The molecule has 2 aliphatic rings. The predicted octanol–water partition coefficient (Wildman–Crippen LogP) is 2.44. The fourth-order valence-electron chi connectivity index (χ4n) is 1.97. The van der Waals surface area contributed by atoms with Gasteiger partial charge in [0.2, 0.25) is 0 Å². The molecule has 0 saturated heterocycles. The summed E-state index contributed by atoms with van der Waals surface area (Å²) in [6.45, 7) is 0. The van der Waals surface area contributed by atoms with Crippen LogP contribution in [0.1, 0.15) is 25.7 Å². The third-order valence-corrected chi connectivity index (χ3v) is 2.64. The van der Waals surface area contributed by atoms with Crippen LogP contribution in [-0.2, 0) is 4.74 Å². The van der Waals surface area contributed by atoms with Gasteiger partial charge in [0.05, 0.1) is 6.10 Å². The first-order chi connectivity index (χ1) is 5.40. The number of hydrogen-bond acceptors (Lipinski definition) is 1. The van der Waals surface area contributed by atoms with E-state index in [-0.39, 0.29) is 0 Å². The molecule has 0 radical (unpaired) electrons. The number of hydrogen-bond donors (Lipinski definition) is 0. The Bertz CT molecular complexity index is 213. The lowest BCUT2D eigenvalue weighted by Gasteiger charge is -2.06. The molecule has 0 spiro atoms. The number of ether oxygens (including phenoxy) is 1. The molecule has 2 rings (SSSR count).